The fourth-order valence-corrected chi connectivity index (χ4v) is 2.63. The first kappa shape index (κ1) is 16.5. The summed E-state index contributed by atoms with van der Waals surface area (Å²) in [6, 6.07) is 10.7. The van der Waals surface area contributed by atoms with Gasteiger partial charge in [0.05, 0.1) is 32.0 Å². The molecule has 2 atom stereocenters. The van der Waals surface area contributed by atoms with Crippen LogP contribution in [0.2, 0.25) is 6.32 Å². The lowest BCUT2D eigenvalue weighted by Crippen LogP contribution is -2.30. The summed E-state index contributed by atoms with van der Waals surface area (Å²) >= 11 is 0. The van der Waals surface area contributed by atoms with Crippen LogP contribution in [0.4, 0.5) is 0 Å². The molecule has 21 heavy (non-hydrogen) atoms. The molecule has 1 heterocycles. The van der Waals surface area contributed by atoms with Crippen LogP contribution in [0, 0.1) is 0 Å². The quantitative estimate of drug-likeness (QED) is 0.561. The topological polar surface area (TPSA) is 39.7 Å². The third kappa shape index (κ3) is 5.11. The SMILES string of the molecule is CCCCB1N[C@H](c2ccccc2)[C@H](COCCOC)O1. The zero-order valence-corrected chi connectivity index (χ0v) is 13.1. The van der Waals surface area contributed by atoms with Gasteiger partial charge < -0.3 is 19.4 Å². The Bertz CT molecular complexity index is 390. The Balaban J connectivity index is 1.93. The molecule has 1 aliphatic heterocycles. The Labute approximate surface area is 128 Å². The molecule has 0 spiro atoms. The Kier molecular flexibility index (Phi) is 7.23. The van der Waals surface area contributed by atoms with Crippen LogP contribution in [0.5, 0.6) is 0 Å². The summed E-state index contributed by atoms with van der Waals surface area (Å²) in [5.74, 6) is 0. The molecule has 1 fully saturated rings. The number of hydrogen-bond acceptors (Lipinski definition) is 4. The smallest absolute Gasteiger partial charge is 0.380 e. The van der Waals surface area contributed by atoms with Crippen molar-refractivity contribution < 1.29 is 14.1 Å². The van der Waals surface area contributed by atoms with Gasteiger partial charge in [0.25, 0.3) is 0 Å². The molecule has 1 aromatic rings. The summed E-state index contributed by atoms with van der Waals surface area (Å²) in [6.45, 7) is 4.03. The Morgan fingerprint density at radius 3 is 2.76 bits per heavy atom. The molecule has 1 N–H and O–H groups in total. The summed E-state index contributed by atoms with van der Waals surface area (Å²) in [7, 11) is 1.82. The Morgan fingerprint density at radius 2 is 2.05 bits per heavy atom. The van der Waals surface area contributed by atoms with Crippen LogP contribution in [0.25, 0.3) is 0 Å². The normalized spacial score (nSPS) is 21.9. The summed E-state index contributed by atoms with van der Waals surface area (Å²) in [5.41, 5.74) is 1.26. The van der Waals surface area contributed by atoms with Crippen molar-refractivity contribution in [3.05, 3.63) is 35.9 Å². The molecule has 1 aliphatic rings. The van der Waals surface area contributed by atoms with E-state index in [0.717, 1.165) is 6.32 Å². The minimum atomic E-state index is 0.0612. The molecular weight excluding hydrogens is 265 g/mol. The molecule has 0 bridgehead atoms. The number of hydrogen-bond donors (Lipinski definition) is 1. The highest BCUT2D eigenvalue weighted by Gasteiger charge is 2.37. The van der Waals surface area contributed by atoms with Gasteiger partial charge in [-0.1, -0.05) is 50.1 Å². The molecule has 0 unspecified atom stereocenters. The van der Waals surface area contributed by atoms with E-state index in [1.165, 1.54) is 18.4 Å². The van der Waals surface area contributed by atoms with Crippen molar-refractivity contribution in [1.29, 1.82) is 0 Å². The van der Waals surface area contributed by atoms with Crippen molar-refractivity contribution in [2.45, 2.75) is 38.2 Å². The first-order chi connectivity index (χ1) is 10.3. The van der Waals surface area contributed by atoms with E-state index in [4.69, 9.17) is 14.1 Å². The molecule has 0 aromatic heterocycles. The van der Waals surface area contributed by atoms with Gasteiger partial charge in [-0.3, -0.25) is 0 Å². The fraction of sp³-hybridized carbons (Fsp3) is 0.625. The minimum Gasteiger partial charge on any atom is -0.414 e. The van der Waals surface area contributed by atoms with Crippen molar-refractivity contribution in [3.63, 3.8) is 0 Å². The predicted octanol–water partition coefficient (Wildman–Crippen LogP) is 2.67. The van der Waals surface area contributed by atoms with Crippen LogP contribution in [0.3, 0.4) is 0 Å². The Morgan fingerprint density at radius 1 is 1.24 bits per heavy atom. The van der Waals surface area contributed by atoms with Crippen molar-refractivity contribution in [1.82, 2.24) is 5.23 Å². The average Bonchev–Trinajstić information content (AvgIpc) is 2.93. The molecule has 0 radical (unpaired) electrons. The van der Waals surface area contributed by atoms with E-state index in [9.17, 15) is 0 Å². The van der Waals surface area contributed by atoms with Crippen LogP contribution in [0.15, 0.2) is 30.3 Å². The minimum absolute atomic E-state index is 0.0612. The second-order valence-electron chi connectivity index (χ2n) is 5.43. The summed E-state index contributed by atoms with van der Waals surface area (Å²) in [4.78, 5) is 0. The van der Waals surface area contributed by atoms with E-state index in [0.29, 0.717) is 19.8 Å². The highest BCUT2D eigenvalue weighted by atomic mass is 16.5. The first-order valence-electron chi connectivity index (χ1n) is 7.88. The molecule has 0 saturated carbocycles. The Hall–Kier alpha value is -0.875. The van der Waals surface area contributed by atoms with Crippen LogP contribution < -0.4 is 5.23 Å². The number of ether oxygens (including phenoxy) is 2. The van der Waals surface area contributed by atoms with Gasteiger partial charge in [-0.25, -0.2) is 0 Å². The van der Waals surface area contributed by atoms with E-state index >= 15 is 0 Å². The predicted molar refractivity (Wildman–Crippen MR) is 85.4 cm³/mol. The van der Waals surface area contributed by atoms with E-state index < -0.39 is 0 Å². The molecule has 4 nitrogen and oxygen atoms in total. The van der Waals surface area contributed by atoms with Gasteiger partial charge in [0.1, 0.15) is 0 Å². The first-order valence-corrected chi connectivity index (χ1v) is 7.88. The van der Waals surface area contributed by atoms with Gasteiger partial charge in [0.15, 0.2) is 0 Å². The summed E-state index contributed by atoms with van der Waals surface area (Å²) < 4.78 is 16.8. The number of nitrogens with one attached hydrogen (secondary N) is 1. The lowest BCUT2D eigenvalue weighted by Gasteiger charge is -2.19. The monoisotopic (exact) mass is 291 g/mol. The van der Waals surface area contributed by atoms with Gasteiger partial charge >= 0.3 is 7.05 Å². The van der Waals surface area contributed by atoms with Crippen molar-refractivity contribution >= 4 is 7.05 Å². The highest BCUT2D eigenvalue weighted by molar-refractivity contribution is 6.49. The fourth-order valence-electron chi connectivity index (χ4n) is 2.63. The van der Waals surface area contributed by atoms with Gasteiger partial charge in [-0.2, -0.15) is 0 Å². The molecule has 116 valence electrons. The number of benzene rings is 1. The van der Waals surface area contributed by atoms with Gasteiger partial charge in [0.2, 0.25) is 0 Å². The molecule has 5 heteroatoms. The van der Waals surface area contributed by atoms with E-state index in [1.807, 2.05) is 6.07 Å². The molecular formula is C16H26BNO3. The van der Waals surface area contributed by atoms with Gasteiger partial charge in [-0.15, -0.1) is 0 Å². The zero-order valence-electron chi connectivity index (χ0n) is 13.1. The standard InChI is InChI=1S/C16H26BNO3/c1-3-4-10-17-18-16(14-8-6-5-7-9-14)15(21-17)13-20-12-11-19-2/h5-9,15-16,18H,3-4,10-13H2,1-2H3/t15-,16+/m0/s1. The molecule has 1 saturated heterocycles. The lowest BCUT2D eigenvalue weighted by molar-refractivity contribution is 0.0223. The third-order valence-electron chi connectivity index (χ3n) is 3.77. The number of rotatable bonds is 9. The second kappa shape index (κ2) is 9.21. The third-order valence-corrected chi connectivity index (χ3v) is 3.77. The molecule has 0 amide bonds. The van der Waals surface area contributed by atoms with Crippen molar-refractivity contribution in [2.24, 2.45) is 0 Å². The maximum Gasteiger partial charge on any atom is 0.380 e. The van der Waals surface area contributed by atoms with Crippen molar-refractivity contribution in [3.8, 4) is 0 Å². The van der Waals surface area contributed by atoms with Gasteiger partial charge in [-0.05, 0) is 11.9 Å². The molecule has 0 aliphatic carbocycles. The summed E-state index contributed by atoms with van der Waals surface area (Å²) in [6.07, 6.45) is 3.48. The zero-order chi connectivity index (χ0) is 14.9. The van der Waals surface area contributed by atoms with Crippen molar-refractivity contribution in [2.75, 3.05) is 26.9 Å². The lowest BCUT2D eigenvalue weighted by atomic mass is 9.77. The number of methoxy groups -OCH3 is 1. The van der Waals surface area contributed by atoms with E-state index in [1.54, 1.807) is 7.11 Å². The largest absolute Gasteiger partial charge is 0.414 e. The number of unbranched alkanes of at least 4 members (excludes halogenated alkanes) is 1. The average molecular weight is 291 g/mol. The van der Waals surface area contributed by atoms with Crippen LogP contribution in [0.1, 0.15) is 31.4 Å². The maximum atomic E-state index is 6.13. The van der Waals surface area contributed by atoms with Crippen LogP contribution in [-0.4, -0.2) is 40.1 Å². The second-order valence-corrected chi connectivity index (χ2v) is 5.43. The maximum absolute atomic E-state index is 6.13. The van der Waals surface area contributed by atoms with E-state index in [-0.39, 0.29) is 19.2 Å². The highest BCUT2D eigenvalue weighted by Crippen LogP contribution is 2.27. The van der Waals surface area contributed by atoms with E-state index in [2.05, 4.69) is 36.4 Å². The molecule has 1 aromatic carbocycles. The van der Waals surface area contributed by atoms with Crippen LogP contribution >= 0.6 is 0 Å². The molecule has 2 rings (SSSR count). The van der Waals surface area contributed by atoms with Gasteiger partial charge in [0, 0.05) is 7.11 Å². The summed E-state index contributed by atoms with van der Waals surface area (Å²) in [5, 5.41) is 3.60. The van der Waals surface area contributed by atoms with Crippen LogP contribution in [-0.2, 0) is 14.1 Å².